The van der Waals surface area contributed by atoms with Crippen molar-refractivity contribution in [2.24, 2.45) is 0 Å². The Balaban J connectivity index is 1.82. The van der Waals surface area contributed by atoms with E-state index in [1.165, 1.54) is 0 Å². The number of carbonyl (C=O) groups is 1. The molecule has 2 nitrogen and oxygen atoms in total. The lowest BCUT2D eigenvalue weighted by atomic mass is 9.85. The van der Waals surface area contributed by atoms with Crippen molar-refractivity contribution in [2.75, 3.05) is 0 Å². The number of hydrogen-bond acceptors (Lipinski definition) is 1. The summed E-state index contributed by atoms with van der Waals surface area (Å²) in [5.41, 5.74) is 4.97. The minimum Gasteiger partial charge on any atom is -0.324 e. The van der Waals surface area contributed by atoms with Crippen molar-refractivity contribution in [3.63, 3.8) is 0 Å². The first kappa shape index (κ1) is 18.5. The average Bonchev–Trinajstić information content (AvgIpc) is 2.73. The molecule has 28 heavy (non-hydrogen) atoms. The molecule has 0 aliphatic carbocycles. The van der Waals surface area contributed by atoms with Crippen LogP contribution >= 0.6 is 15.9 Å². The molecular weight excluding hydrogens is 410 g/mol. The molecule has 3 aromatic carbocycles. The van der Waals surface area contributed by atoms with Gasteiger partial charge < -0.3 is 4.90 Å². The molecule has 1 amide bonds. The third-order valence-electron chi connectivity index (χ3n) is 5.02. The van der Waals surface area contributed by atoms with Gasteiger partial charge in [0.05, 0.1) is 6.04 Å². The van der Waals surface area contributed by atoms with Crippen LogP contribution in [0.5, 0.6) is 0 Å². The molecule has 0 aromatic heterocycles. The minimum absolute atomic E-state index is 0.00383. The van der Waals surface area contributed by atoms with Gasteiger partial charge in [-0.3, -0.25) is 4.79 Å². The Morgan fingerprint density at radius 2 is 1.46 bits per heavy atom. The van der Waals surface area contributed by atoms with Crippen molar-refractivity contribution < 1.29 is 4.79 Å². The Kier molecular flexibility index (Phi) is 5.27. The maximum atomic E-state index is 13.2. The first-order chi connectivity index (χ1) is 13.6. The van der Waals surface area contributed by atoms with Gasteiger partial charge >= 0.3 is 0 Å². The zero-order valence-electron chi connectivity index (χ0n) is 15.4. The summed E-state index contributed by atoms with van der Waals surface area (Å²) < 4.78 is 0.973. The zero-order valence-corrected chi connectivity index (χ0v) is 17.0. The minimum atomic E-state index is -0.233. The lowest BCUT2D eigenvalue weighted by Gasteiger charge is -2.38. The van der Waals surface area contributed by atoms with E-state index >= 15 is 0 Å². The molecule has 1 heterocycles. The number of halogens is 1. The van der Waals surface area contributed by atoms with Crippen molar-refractivity contribution in [1.29, 1.82) is 0 Å². The highest BCUT2D eigenvalue weighted by molar-refractivity contribution is 9.10. The lowest BCUT2D eigenvalue weighted by Crippen LogP contribution is -2.37. The molecule has 138 valence electrons. The van der Waals surface area contributed by atoms with Crippen molar-refractivity contribution in [2.45, 2.75) is 12.6 Å². The Labute approximate surface area is 174 Å². The Morgan fingerprint density at radius 1 is 0.857 bits per heavy atom. The van der Waals surface area contributed by atoms with E-state index in [2.05, 4.69) is 28.6 Å². The number of benzene rings is 3. The first-order valence-electron chi connectivity index (χ1n) is 9.20. The van der Waals surface area contributed by atoms with Crippen LogP contribution in [-0.4, -0.2) is 10.8 Å². The Morgan fingerprint density at radius 3 is 2.14 bits per heavy atom. The number of rotatable bonds is 4. The number of amides is 1. The number of carbonyl (C=O) groups excluding carboxylic acids is 1. The van der Waals surface area contributed by atoms with Crippen LogP contribution in [0.4, 0.5) is 0 Å². The maximum absolute atomic E-state index is 13.2. The third kappa shape index (κ3) is 3.58. The van der Waals surface area contributed by atoms with Gasteiger partial charge in [0.2, 0.25) is 5.91 Å². The van der Waals surface area contributed by atoms with Crippen LogP contribution < -0.4 is 0 Å². The highest BCUT2D eigenvalue weighted by atomic mass is 79.9. The van der Waals surface area contributed by atoms with Gasteiger partial charge in [-0.25, -0.2) is 0 Å². The van der Waals surface area contributed by atoms with Crippen molar-refractivity contribution in [1.82, 2.24) is 4.90 Å². The second-order valence-corrected chi connectivity index (χ2v) is 7.68. The molecule has 3 heteroatoms. The van der Waals surface area contributed by atoms with Gasteiger partial charge in [-0.15, -0.1) is 0 Å². The van der Waals surface area contributed by atoms with Crippen molar-refractivity contribution in [3.05, 3.63) is 124 Å². The predicted octanol–water partition coefficient (Wildman–Crippen LogP) is 6.17. The van der Waals surface area contributed by atoms with Gasteiger partial charge in [0, 0.05) is 17.1 Å². The quantitative estimate of drug-likeness (QED) is 0.485. The molecule has 0 radical (unpaired) electrons. The average molecular weight is 430 g/mol. The van der Waals surface area contributed by atoms with Crippen LogP contribution in [0.2, 0.25) is 0 Å². The summed E-state index contributed by atoms with van der Waals surface area (Å²) in [6.07, 6.45) is 1.72. The molecule has 0 N–H and O–H groups in total. The monoisotopic (exact) mass is 429 g/mol. The molecule has 1 unspecified atom stereocenters. The summed E-state index contributed by atoms with van der Waals surface area (Å²) in [6.45, 7) is 4.95. The van der Waals surface area contributed by atoms with E-state index in [0.29, 0.717) is 6.54 Å². The van der Waals surface area contributed by atoms with Crippen LogP contribution in [0.15, 0.2) is 108 Å². The van der Waals surface area contributed by atoms with E-state index in [1.54, 1.807) is 6.08 Å². The Bertz CT molecular complexity index is 1040. The summed E-state index contributed by atoms with van der Waals surface area (Å²) in [5.74, 6) is -0.00383. The largest absolute Gasteiger partial charge is 0.324 e. The van der Waals surface area contributed by atoms with Gasteiger partial charge in [0.25, 0.3) is 0 Å². The molecule has 1 aliphatic heterocycles. The topological polar surface area (TPSA) is 20.3 Å². The second kappa shape index (κ2) is 7.99. The summed E-state index contributed by atoms with van der Waals surface area (Å²) in [4.78, 5) is 15.1. The van der Waals surface area contributed by atoms with E-state index in [4.69, 9.17) is 0 Å². The van der Waals surface area contributed by atoms with Gasteiger partial charge in [-0.1, -0.05) is 101 Å². The van der Waals surface area contributed by atoms with Gasteiger partial charge in [-0.05, 0) is 33.9 Å². The van der Waals surface area contributed by atoms with E-state index in [1.807, 2.05) is 83.8 Å². The first-order valence-corrected chi connectivity index (χ1v) is 9.99. The van der Waals surface area contributed by atoms with Crippen LogP contribution in [0.3, 0.4) is 0 Å². The summed E-state index contributed by atoms with van der Waals surface area (Å²) in [6, 6.07) is 27.9. The van der Waals surface area contributed by atoms with Gasteiger partial charge in [-0.2, -0.15) is 0 Å². The van der Waals surface area contributed by atoms with Crippen LogP contribution in [-0.2, 0) is 11.3 Å². The van der Waals surface area contributed by atoms with Crippen LogP contribution in [0.25, 0.3) is 5.57 Å². The Hall–Kier alpha value is -2.91. The van der Waals surface area contributed by atoms with Crippen LogP contribution in [0.1, 0.15) is 22.7 Å². The fourth-order valence-electron chi connectivity index (χ4n) is 3.65. The molecule has 3 aromatic rings. The van der Waals surface area contributed by atoms with E-state index < -0.39 is 0 Å². The fraction of sp³-hybridized carbons (Fsp3) is 0.0800. The van der Waals surface area contributed by atoms with E-state index in [-0.39, 0.29) is 11.9 Å². The van der Waals surface area contributed by atoms with E-state index in [9.17, 15) is 4.79 Å². The maximum Gasteiger partial charge on any atom is 0.248 e. The predicted molar refractivity (Wildman–Crippen MR) is 117 cm³/mol. The second-order valence-electron chi connectivity index (χ2n) is 6.83. The number of hydrogen-bond donors (Lipinski definition) is 0. The smallest absolute Gasteiger partial charge is 0.248 e. The number of nitrogens with zero attached hydrogens (tertiary/aromatic N) is 1. The lowest BCUT2D eigenvalue weighted by molar-refractivity contribution is -0.128. The highest BCUT2D eigenvalue weighted by Gasteiger charge is 2.34. The molecular formula is C25H20BrNO. The van der Waals surface area contributed by atoms with Crippen molar-refractivity contribution >= 4 is 27.4 Å². The molecule has 0 saturated carbocycles. The molecule has 4 rings (SSSR count). The van der Waals surface area contributed by atoms with Crippen LogP contribution in [0, 0.1) is 0 Å². The molecule has 0 bridgehead atoms. The van der Waals surface area contributed by atoms with E-state index in [0.717, 1.165) is 32.3 Å². The molecule has 0 fully saturated rings. The van der Waals surface area contributed by atoms with Gasteiger partial charge in [0.1, 0.15) is 0 Å². The summed E-state index contributed by atoms with van der Waals surface area (Å²) >= 11 is 3.67. The van der Waals surface area contributed by atoms with Gasteiger partial charge in [0.15, 0.2) is 0 Å². The normalized spacial score (nSPS) is 16.8. The third-order valence-corrected chi connectivity index (χ3v) is 5.74. The standard InChI is InChI=1S/C25H20BrNO/c1-18-22(20-12-6-3-7-13-20)16-24(28)27(17-19-10-4-2-5-11-19)25(18)21-14-8-9-15-23(21)26/h2-16,25H,1,17H2. The SMILES string of the molecule is C=C1C(c2ccccc2)=CC(=O)N(Cc2ccccc2)C1c1ccccc1Br. The molecule has 1 aliphatic rings. The van der Waals surface area contributed by atoms with Crippen molar-refractivity contribution in [3.8, 4) is 0 Å². The zero-order chi connectivity index (χ0) is 19.5. The molecule has 0 spiro atoms. The summed E-state index contributed by atoms with van der Waals surface area (Å²) in [7, 11) is 0. The fourth-order valence-corrected chi connectivity index (χ4v) is 4.15. The molecule has 1 atom stereocenters. The molecule has 0 saturated heterocycles. The summed E-state index contributed by atoms with van der Waals surface area (Å²) in [5, 5.41) is 0. The highest BCUT2D eigenvalue weighted by Crippen LogP contribution is 2.42.